The summed E-state index contributed by atoms with van der Waals surface area (Å²) in [7, 11) is 1.29. The minimum atomic E-state index is -1.00. The third-order valence-corrected chi connectivity index (χ3v) is 3.36. The highest BCUT2D eigenvalue weighted by Gasteiger charge is 2.25. The van der Waals surface area contributed by atoms with Gasteiger partial charge in [-0.15, -0.1) is 0 Å². The first-order valence-electron chi connectivity index (χ1n) is 7.00. The molecule has 0 spiro atoms. The lowest BCUT2D eigenvalue weighted by Crippen LogP contribution is -2.21. The van der Waals surface area contributed by atoms with Gasteiger partial charge in [0.2, 0.25) is 0 Å². The molecule has 0 fully saturated rings. The highest BCUT2D eigenvalue weighted by molar-refractivity contribution is 5.72. The fraction of sp³-hybridized carbons (Fsp3) is 0.294. The minimum Gasteiger partial charge on any atom is -0.487 e. The van der Waals surface area contributed by atoms with Crippen LogP contribution in [0.2, 0.25) is 0 Å². The smallest absolute Gasteiger partial charge is 0.311 e. The number of hydrogen-bond acceptors (Lipinski definition) is 5. The second kappa shape index (κ2) is 7.56. The lowest BCUT2D eigenvalue weighted by Gasteiger charge is -2.16. The molecule has 0 unspecified atom stereocenters. The maximum atomic E-state index is 11.4. The van der Waals surface area contributed by atoms with Gasteiger partial charge in [0.25, 0.3) is 0 Å². The van der Waals surface area contributed by atoms with Crippen molar-refractivity contribution < 1.29 is 19.4 Å². The van der Waals surface area contributed by atoms with Gasteiger partial charge < -0.3 is 14.6 Å². The third kappa shape index (κ3) is 4.05. The van der Waals surface area contributed by atoms with Crippen LogP contribution in [0.1, 0.15) is 24.3 Å². The van der Waals surface area contributed by atoms with E-state index in [-0.39, 0.29) is 0 Å². The summed E-state index contributed by atoms with van der Waals surface area (Å²) < 4.78 is 10.2. The average Bonchev–Trinajstić information content (AvgIpc) is 2.59. The Morgan fingerprint density at radius 3 is 2.55 bits per heavy atom. The minimum absolute atomic E-state index is 0.407. The van der Waals surface area contributed by atoms with Crippen LogP contribution in [0.4, 0.5) is 0 Å². The van der Waals surface area contributed by atoms with Crippen LogP contribution in [-0.2, 0) is 16.1 Å². The van der Waals surface area contributed by atoms with E-state index in [0.717, 1.165) is 5.56 Å². The second-order valence-electron chi connectivity index (χ2n) is 4.95. The highest BCUT2D eigenvalue weighted by atomic mass is 16.5. The summed E-state index contributed by atoms with van der Waals surface area (Å²) in [4.78, 5) is 15.6. The van der Waals surface area contributed by atoms with Crippen LogP contribution in [0.25, 0.3) is 0 Å². The lowest BCUT2D eigenvalue weighted by atomic mass is 10.0. The number of ether oxygens (including phenoxy) is 2. The molecule has 0 saturated carbocycles. The maximum Gasteiger partial charge on any atom is 0.311 e. The first-order chi connectivity index (χ1) is 10.6. The first kappa shape index (κ1) is 16.0. The number of carbonyl (C=O) groups is 1. The number of pyridine rings is 1. The number of carbonyl (C=O) groups excluding carboxylic acids is 1. The van der Waals surface area contributed by atoms with E-state index in [2.05, 4.69) is 9.72 Å². The number of aliphatic hydroxyl groups excluding tert-OH is 1. The molecule has 2 aromatic rings. The van der Waals surface area contributed by atoms with E-state index >= 15 is 0 Å². The van der Waals surface area contributed by atoms with Gasteiger partial charge in [0, 0.05) is 0 Å². The Morgan fingerprint density at radius 2 is 1.95 bits per heavy atom. The van der Waals surface area contributed by atoms with Crippen molar-refractivity contribution in [2.45, 2.75) is 19.6 Å². The first-order valence-corrected chi connectivity index (χ1v) is 7.00. The molecule has 1 aromatic heterocycles. The Bertz CT molecular complexity index is 598. The summed E-state index contributed by atoms with van der Waals surface area (Å²) in [5.74, 6) is -0.544. The van der Waals surface area contributed by atoms with Crippen LogP contribution < -0.4 is 4.74 Å². The highest BCUT2D eigenvalue weighted by Crippen LogP contribution is 2.22. The molecule has 1 heterocycles. The average molecular weight is 301 g/mol. The zero-order valence-electron chi connectivity index (χ0n) is 12.6. The van der Waals surface area contributed by atoms with E-state index in [1.807, 2.05) is 30.3 Å². The SMILES string of the molecule is COC(=O)[C@@H](C)[C@H](O)c1ccc(OCc2ccccc2)cn1. The van der Waals surface area contributed by atoms with Gasteiger partial charge in [-0.2, -0.15) is 0 Å². The molecule has 0 saturated heterocycles. The number of methoxy groups -OCH3 is 1. The van der Waals surface area contributed by atoms with Crippen molar-refractivity contribution in [1.82, 2.24) is 4.98 Å². The van der Waals surface area contributed by atoms with Crippen molar-refractivity contribution in [3.05, 3.63) is 59.9 Å². The summed E-state index contributed by atoms with van der Waals surface area (Å²) in [5, 5.41) is 10.1. The molecule has 2 atom stereocenters. The Morgan fingerprint density at radius 1 is 1.23 bits per heavy atom. The van der Waals surface area contributed by atoms with Crippen LogP contribution in [-0.4, -0.2) is 23.2 Å². The molecular weight excluding hydrogens is 282 g/mol. The second-order valence-corrected chi connectivity index (χ2v) is 4.95. The molecule has 5 nitrogen and oxygen atoms in total. The molecule has 1 aromatic carbocycles. The van der Waals surface area contributed by atoms with Crippen molar-refractivity contribution in [2.75, 3.05) is 7.11 Å². The van der Waals surface area contributed by atoms with Crippen LogP contribution in [0.15, 0.2) is 48.7 Å². The number of aromatic nitrogens is 1. The van der Waals surface area contributed by atoms with Crippen LogP contribution in [0, 0.1) is 5.92 Å². The van der Waals surface area contributed by atoms with Crippen LogP contribution in [0.5, 0.6) is 5.75 Å². The molecule has 5 heteroatoms. The van der Waals surface area contributed by atoms with Gasteiger partial charge in [0.1, 0.15) is 18.5 Å². The molecule has 1 N–H and O–H groups in total. The van der Waals surface area contributed by atoms with Gasteiger partial charge >= 0.3 is 5.97 Å². The molecule has 0 aliphatic carbocycles. The summed E-state index contributed by atoms with van der Waals surface area (Å²) in [5.41, 5.74) is 1.47. The van der Waals surface area contributed by atoms with Crippen molar-refractivity contribution in [2.24, 2.45) is 5.92 Å². The number of esters is 1. The van der Waals surface area contributed by atoms with Crippen LogP contribution >= 0.6 is 0 Å². The molecule has 0 aliphatic rings. The predicted molar refractivity (Wildman–Crippen MR) is 81.2 cm³/mol. The van der Waals surface area contributed by atoms with Gasteiger partial charge in [-0.05, 0) is 24.6 Å². The third-order valence-electron chi connectivity index (χ3n) is 3.36. The van der Waals surface area contributed by atoms with E-state index < -0.39 is 18.0 Å². The summed E-state index contributed by atoms with van der Waals surface area (Å²) in [6.45, 7) is 2.04. The van der Waals surface area contributed by atoms with E-state index in [1.165, 1.54) is 13.3 Å². The maximum absolute atomic E-state index is 11.4. The predicted octanol–water partition coefficient (Wildman–Crippen LogP) is 2.50. The van der Waals surface area contributed by atoms with Gasteiger partial charge in [-0.1, -0.05) is 30.3 Å². The fourth-order valence-electron chi connectivity index (χ4n) is 1.96. The van der Waals surface area contributed by atoms with E-state index in [4.69, 9.17) is 4.74 Å². The molecule has 0 bridgehead atoms. The van der Waals surface area contributed by atoms with Gasteiger partial charge in [-0.3, -0.25) is 9.78 Å². The lowest BCUT2D eigenvalue weighted by molar-refractivity contribution is -0.148. The van der Waals surface area contributed by atoms with Gasteiger partial charge in [0.05, 0.1) is 24.9 Å². The number of benzene rings is 1. The topological polar surface area (TPSA) is 68.7 Å². The molecule has 0 amide bonds. The number of nitrogens with zero attached hydrogens (tertiary/aromatic N) is 1. The molecule has 22 heavy (non-hydrogen) atoms. The Hall–Kier alpha value is -2.40. The number of aliphatic hydroxyl groups is 1. The Kier molecular flexibility index (Phi) is 5.49. The summed E-state index contributed by atoms with van der Waals surface area (Å²) in [6.07, 6.45) is 0.529. The van der Waals surface area contributed by atoms with Crippen molar-refractivity contribution >= 4 is 5.97 Å². The molecule has 116 valence electrons. The normalized spacial score (nSPS) is 13.2. The zero-order valence-corrected chi connectivity index (χ0v) is 12.6. The van der Waals surface area contributed by atoms with Crippen molar-refractivity contribution in [3.63, 3.8) is 0 Å². The van der Waals surface area contributed by atoms with Crippen molar-refractivity contribution in [1.29, 1.82) is 0 Å². The standard InChI is InChI=1S/C17H19NO4/c1-12(17(20)21-2)16(19)15-9-8-14(10-18-15)22-11-13-6-4-3-5-7-13/h3-10,12,16,19H,11H2,1-2H3/t12-,16-/m0/s1. The van der Waals surface area contributed by atoms with E-state index in [1.54, 1.807) is 19.1 Å². The molecule has 0 aliphatic heterocycles. The molecule has 0 radical (unpaired) electrons. The number of hydrogen-bond donors (Lipinski definition) is 1. The van der Waals surface area contributed by atoms with E-state index in [9.17, 15) is 9.90 Å². The molecule has 2 rings (SSSR count). The zero-order chi connectivity index (χ0) is 15.9. The van der Waals surface area contributed by atoms with Crippen molar-refractivity contribution in [3.8, 4) is 5.75 Å². The Labute approximate surface area is 129 Å². The Balaban J connectivity index is 1.96. The monoisotopic (exact) mass is 301 g/mol. The van der Waals surface area contributed by atoms with Crippen LogP contribution in [0.3, 0.4) is 0 Å². The fourth-order valence-corrected chi connectivity index (χ4v) is 1.96. The summed E-state index contributed by atoms with van der Waals surface area (Å²) >= 11 is 0. The largest absolute Gasteiger partial charge is 0.487 e. The van der Waals surface area contributed by atoms with Gasteiger partial charge in [0.15, 0.2) is 0 Å². The van der Waals surface area contributed by atoms with E-state index in [0.29, 0.717) is 18.1 Å². The van der Waals surface area contributed by atoms with Gasteiger partial charge in [-0.25, -0.2) is 0 Å². The molecular formula is C17H19NO4. The summed E-state index contributed by atoms with van der Waals surface area (Å²) in [6, 6.07) is 13.2. The quantitative estimate of drug-likeness (QED) is 0.830. The number of rotatable bonds is 6.